The fourth-order valence-electron chi connectivity index (χ4n) is 1.48. The van der Waals surface area contributed by atoms with Gasteiger partial charge < -0.3 is 10.4 Å². The predicted octanol–water partition coefficient (Wildman–Crippen LogP) is 1.14. The molecular formula is C12H24N2O3. The molecule has 0 aliphatic heterocycles. The lowest BCUT2D eigenvalue weighted by atomic mass is 10.2. The summed E-state index contributed by atoms with van der Waals surface area (Å²) < 4.78 is 0. The van der Waals surface area contributed by atoms with E-state index in [1.54, 1.807) is 0 Å². The molecule has 0 aromatic rings. The van der Waals surface area contributed by atoms with Crippen LogP contribution in [0.25, 0.3) is 0 Å². The molecule has 1 atom stereocenters. The minimum atomic E-state index is -0.898. The number of rotatable bonds is 10. The molecule has 5 nitrogen and oxygen atoms in total. The van der Waals surface area contributed by atoms with Gasteiger partial charge in [-0.3, -0.25) is 14.9 Å². The van der Waals surface area contributed by atoms with Crippen LogP contribution in [0.2, 0.25) is 0 Å². The molecule has 0 rings (SSSR count). The van der Waals surface area contributed by atoms with Crippen molar-refractivity contribution < 1.29 is 14.7 Å². The quantitative estimate of drug-likeness (QED) is 0.503. The van der Waals surface area contributed by atoms with E-state index >= 15 is 0 Å². The third-order valence-electron chi connectivity index (χ3n) is 2.49. The van der Waals surface area contributed by atoms with Gasteiger partial charge in [0.05, 0.1) is 6.54 Å². The number of unbranched alkanes of at least 4 members (excludes halogenated alkanes) is 2. The highest BCUT2D eigenvalue weighted by atomic mass is 16.4. The molecule has 0 radical (unpaired) electrons. The van der Waals surface area contributed by atoms with Gasteiger partial charge in [0, 0.05) is 6.54 Å². The second kappa shape index (κ2) is 10.1. The number of amides is 1. The molecule has 1 amide bonds. The van der Waals surface area contributed by atoms with Crippen LogP contribution >= 0.6 is 0 Å². The van der Waals surface area contributed by atoms with Crippen LogP contribution in [-0.2, 0) is 9.59 Å². The van der Waals surface area contributed by atoms with Gasteiger partial charge in [0.25, 0.3) is 0 Å². The number of nitrogens with one attached hydrogen (secondary N) is 2. The van der Waals surface area contributed by atoms with Crippen molar-refractivity contribution in [2.45, 2.75) is 52.0 Å². The minimum Gasteiger partial charge on any atom is -0.480 e. The van der Waals surface area contributed by atoms with Crippen LogP contribution in [0.15, 0.2) is 0 Å². The predicted molar refractivity (Wildman–Crippen MR) is 66.9 cm³/mol. The molecular weight excluding hydrogens is 220 g/mol. The van der Waals surface area contributed by atoms with Crippen LogP contribution in [0, 0.1) is 0 Å². The largest absolute Gasteiger partial charge is 0.480 e. The maximum atomic E-state index is 11.4. The second-order valence-corrected chi connectivity index (χ2v) is 4.12. The first-order chi connectivity index (χ1) is 8.11. The zero-order valence-corrected chi connectivity index (χ0v) is 10.8. The average molecular weight is 244 g/mol. The summed E-state index contributed by atoms with van der Waals surface area (Å²) in [6, 6.07) is -0.624. The van der Waals surface area contributed by atoms with Gasteiger partial charge in [-0.1, -0.05) is 33.1 Å². The van der Waals surface area contributed by atoms with Gasteiger partial charge in [0.2, 0.25) is 5.91 Å². The van der Waals surface area contributed by atoms with Gasteiger partial charge in [-0.05, 0) is 12.8 Å². The van der Waals surface area contributed by atoms with Crippen molar-refractivity contribution in [3.63, 3.8) is 0 Å². The Hall–Kier alpha value is -1.10. The smallest absolute Gasteiger partial charge is 0.320 e. The van der Waals surface area contributed by atoms with Crippen molar-refractivity contribution in [3.05, 3.63) is 0 Å². The van der Waals surface area contributed by atoms with Crippen molar-refractivity contribution in [1.29, 1.82) is 0 Å². The molecule has 0 aliphatic carbocycles. The number of carboxylic acid groups (broad SMARTS) is 1. The Morgan fingerprint density at radius 2 is 1.88 bits per heavy atom. The highest BCUT2D eigenvalue weighted by molar-refractivity contribution is 5.79. The molecule has 0 fully saturated rings. The van der Waals surface area contributed by atoms with E-state index in [9.17, 15) is 9.59 Å². The second-order valence-electron chi connectivity index (χ2n) is 4.12. The highest BCUT2D eigenvalue weighted by Crippen LogP contribution is 1.96. The van der Waals surface area contributed by atoms with Crippen molar-refractivity contribution >= 4 is 11.9 Å². The van der Waals surface area contributed by atoms with Gasteiger partial charge in [0.15, 0.2) is 0 Å². The Bertz CT molecular complexity index is 232. The number of aliphatic carboxylic acids is 1. The number of carbonyl (C=O) groups excluding carboxylic acids is 1. The molecule has 0 saturated heterocycles. The number of carbonyl (C=O) groups is 2. The monoisotopic (exact) mass is 244 g/mol. The normalized spacial score (nSPS) is 12.1. The van der Waals surface area contributed by atoms with E-state index in [0.717, 1.165) is 25.7 Å². The number of hydrogen-bond acceptors (Lipinski definition) is 3. The third kappa shape index (κ3) is 8.68. The van der Waals surface area contributed by atoms with Gasteiger partial charge in [-0.2, -0.15) is 0 Å². The fourth-order valence-corrected chi connectivity index (χ4v) is 1.48. The first-order valence-electron chi connectivity index (χ1n) is 6.34. The third-order valence-corrected chi connectivity index (χ3v) is 2.49. The highest BCUT2D eigenvalue weighted by Gasteiger charge is 2.16. The fraction of sp³-hybridized carbons (Fsp3) is 0.833. The summed E-state index contributed by atoms with van der Waals surface area (Å²) >= 11 is 0. The lowest BCUT2D eigenvalue weighted by Crippen LogP contribution is -2.43. The summed E-state index contributed by atoms with van der Waals surface area (Å²) in [7, 11) is 0. The summed E-state index contributed by atoms with van der Waals surface area (Å²) in [6.07, 6.45) is 4.51. The summed E-state index contributed by atoms with van der Waals surface area (Å²) in [5.74, 6) is -1.03. The van der Waals surface area contributed by atoms with Crippen molar-refractivity contribution in [2.75, 3.05) is 13.1 Å². The topological polar surface area (TPSA) is 78.4 Å². The van der Waals surface area contributed by atoms with Crippen LogP contribution in [0.3, 0.4) is 0 Å². The molecule has 0 aromatic heterocycles. The molecule has 1 unspecified atom stereocenters. The maximum Gasteiger partial charge on any atom is 0.320 e. The van der Waals surface area contributed by atoms with Crippen molar-refractivity contribution in [1.82, 2.24) is 10.6 Å². The van der Waals surface area contributed by atoms with E-state index in [-0.39, 0.29) is 12.5 Å². The first kappa shape index (κ1) is 15.9. The Kier molecular flexibility index (Phi) is 9.43. The average Bonchev–Trinajstić information content (AvgIpc) is 2.29. The Morgan fingerprint density at radius 3 is 2.41 bits per heavy atom. The SMILES string of the molecule is CCCCCNC(=O)CNC(CCC)C(=O)O. The van der Waals surface area contributed by atoms with Crippen molar-refractivity contribution in [2.24, 2.45) is 0 Å². The van der Waals surface area contributed by atoms with E-state index in [0.29, 0.717) is 13.0 Å². The minimum absolute atomic E-state index is 0.0725. The molecule has 0 saturated carbocycles. The van der Waals surface area contributed by atoms with E-state index in [1.807, 2.05) is 6.92 Å². The van der Waals surface area contributed by atoms with Gasteiger partial charge in [-0.25, -0.2) is 0 Å². The molecule has 5 heteroatoms. The van der Waals surface area contributed by atoms with E-state index < -0.39 is 12.0 Å². The van der Waals surface area contributed by atoms with Crippen LogP contribution in [-0.4, -0.2) is 36.1 Å². The number of carboxylic acids is 1. The van der Waals surface area contributed by atoms with E-state index in [1.165, 1.54) is 0 Å². The lowest BCUT2D eigenvalue weighted by Gasteiger charge is -2.13. The van der Waals surface area contributed by atoms with Gasteiger partial charge >= 0.3 is 5.97 Å². The van der Waals surface area contributed by atoms with Crippen LogP contribution < -0.4 is 10.6 Å². The summed E-state index contributed by atoms with van der Waals surface area (Å²) in [5, 5.41) is 14.4. The summed E-state index contributed by atoms with van der Waals surface area (Å²) in [4.78, 5) is 22.2. The molecule has 100 valence electrons. The van der Waals surface area contributed by atoms with Crippen LogP contribution in [0.1, 0.15) is 46.0 Å². The summed E-state index contributed by atoms with van der Waals surface area (Å²) in [6.45, 7) is 4.76. The molecule has 0 bridgehead atoms. The zero-order valence-electron chi connectivity index (χ0n) is 10.8. The molecule has 0 aromatic carbocycles. The zero-order chi connectivity index (χ0) is 13.1. The molecule has 0 aliphatic rings. The lowest BCUT2D eigenvalue weighted by molar-refractivity contribution is -0.139. The van der Waals surface area contributed by atoms with Crippen LogP contribution in [0.4, 0.5) is 0 Å². The molecule has 0 spiro atoms. The Labute approximate surface area is 103 Å². The molecule has 0 heterocycles. The first-order valence-corrected chi connectivity index (χ1v) is 6.34. The van der Waals surface area contributed by atoms with E-state index in [2.05, 4.69) is 17.6 Å². The maximum absolute atomic E-state index is 11.4. The van der Waals surface area contributed by atoms with Gasteiger partial charge in [0.1, 0.15) is 6.04 Å². The van der Waals surface area contributed by atoms with Crippen molar-refractivity contribution in [3.8, 4) is 0 Å². The Morgan fingerprint density at radius 1 is 1.18 bits per heavy atom. The standard InChI is InChI=1S/C12H24N2O3/c1-3-5-6-8-13-11(15)9-14-10(7-4-2)12(16)17/h10,14H,3-9H2,1-2H3,(H,13,15)(H,16,17). The number of hydrogen-bond donors (Lipinski definition) is 3. The molecule has 17 heavy (non-hydrogen) atoms. The Balaban J connectivity index is 3.69. The molecule has 3 N–H and O–H groups in total. The summed E-state index contributed by atoms with van der Waals surface area (Å²) in [5.41, 5.74) is 0. The van der Waals surface area contributed by atoms with Gasteiger partial charge in [-0.15, -0.1) is 0 Å². The van der Waals surface area contributed by atoms with Crippen LogP contribution in [0.5, 0.6) is 0 Å². The van der Waals surface area contributed by atoms with E-state index in [4.69, 9.17) is 5.11 Å².